The highest BCUT2D eigenvalue weighted by Crippen LogP contribution is 2.31. The number of benzene rings is 2. The van der Waals surface area contributed by atoms with Crippen molar-refractivity contribution in [1.82, 2.24) is 15.3 Å². The van der Waals surface area contributed by atoms with Crippen molar-refractivity contribution in [2.75, 3.05) is 18.0 Å². The Balaban J connectivity index is 1.21. The lowest BCUT2D eigenvalue weighted by molar-refractivity contribution is -0.126. The molecule has 1 amide bonds. The molecule has 32 heavy (non-hydrogen) atoms. The van der Waals surface area contributed by atoms with Crippen molar-refractivity contribution in [2.45, 2.75) is 38.1 Å². The quantitative estimate of drug-likeness (QED) is 0.652. The highest BCUT2D eigenvalue weighted by Gasteiger charge is 2.29. The highest BCUT2D eigenvalue weighted by atomic mass is 19.1. The third-order valence-electron chi connectivity index (χ3n) is 6.60. The molecule has 0 spiro atoms. The van der Waals surface area contributed by atoms with Crippen LogP contribution in [0.15, 0.2) is 60.8 Å². The summed E-state index contributed by atoms with van der Waals surface area (Å²) in [4.78, 5) is 24.1. The smallest absolute Gasteiger partial charge is 0.223 e. The minimum atomic E-state index is -0.302. The minimum absolute atomic E-state index is 0.0184. The number of nitrogens with one attached hydrogen (secondary N) is 1. The first-order valence-electron chi connectivity index (χ1n) is 11.4. The van der Waals surface area contributed by atoms with Crippen LogP contribution in [0.5, 0.6) is 0 Å². The Morgan fingerprint density at radius 2 is 1.88 bits per heavy atom. The molecule has 0 radical (unpaired) electrons. The largest absolute Gasteiger partial charge is 0.356 e. The summed E-state index contributed by atoms with van der Waals surface area (Å²) in [5.74, 6) is 1.21. The van der Waals surface area contributed by atoms with E-state index < -0.39 is 0 Å². The lowest BCUT2D eigenvalue weighted by Gasteiger charge is -2.34. The molecule has 2 aliphatic rings. The zero-order valence-electron chi connectivity index (χ0n) is 18.0. The van der Waals surface area contributed by atoms with Crippen LogP contribution in [0.2, 0.25) is 0 Å². The first-order valence-corrected chi connectivity index (χ1v) is 11.4. The molecule has 3 aromatic rings. The predicted molar refractivity (Wildman–Crippen MR) is 123 cm³/mol. The Kier molecular flexibility index (Phi) is 5.84. The van der Waals surface area contributed by atoms with Crippen LogP contribution in [-0.4, -0.2) is 29.0 Å². The molecule has 1 N–H and O–H groups in total. The Labute approximate surface area is 187 Å². The molecule has 2 aromatic carbocycles. The van der Waals surface area contributed by atoms with E-state index in [1.165, 1.54) is 23.3 Å². The van der Waals surface area contributed by atoms with Gasteiger partial charge in [-0.2, -0.15) is 0 Å². The van der Waals surface area contributed by atoms with E-state index in [1.807, 2.05) is 12.1 Å². The molecular weight excluding hydrogens is 403 g/mol. The average molecular weight is 431 g/mol. The normalized spacial score (nSPS) is 18.8. The van der Waals surface area contributed by atoms with Crippen molar-refractivity contribution in [2.24, 2.45) is 5.92 Å². The number of piperidine rings is 1. The summed E-state index contributed by atoms with van der Waals surface area (Å²) in [6.07, 6.45) is 6.51. The molecule has 1 saturated heterocycles. The van der Waals surface area contributed by atoms with Gasteiger partial charge in [0.15, 0.2) is 5.82 Å². The first-order chi connectivity index (χ1) is 15.7. The highest BCUT2D eigenvalue weighted by molar-refractivity contribution is 5.79. The summed E-state index contributed by atoms with van der Waals surface area (Å²) in [6.45, 7) is 1.53. The fraction of sp³-hybridized carbons (Fsp3) is 0.346. The molecule has 1 atom stereocenters. The number of anilines is 1. The molecule has 5 rings (SSSR count). The number of hydrogen-bond donors (Lipinski definition) is 1. The second-order valence-electron chi connectivity index (χ2n) is 8.66. The Morgan fingerprint density at radius 1 is 1.03 bits per heavy atom. The van der Waals surface area contributed by atoms with E-state index in [2.05, 4.69) is 44.5 Å². The standard InChI is InChI=1S/C26H27FN4O/c27-21-8-3-7-20(17-21)25-28-14-11-24(30-25)31-15-12-19(13-16-31)26(32)29-23-10-4-6-18-5-1-2-9-22(18)23/h1-3,5,7-9,11,14,17,19,23H,4,6,10,12-13,15-16H2,(H,29,32). The maximum absolute atomic E-state index is 13.6. The van der Waals surface area contributed by atoms with E-state index in [4.69, 9.17) is 0 Å². The SMILES string of the molecule is O=C(NC1CCCc2ccccc21)C1CCN(c2ccnc(-c3cccc(F)c3)n2)CC1. The van der Waals surface area contributed by atoms with Gasteiger partial charge in [0.05, 0.1) is 6.04 Å². The summed E-state index contributed by atoms with van der Waals surface area (Å²) in [7, 11) is 0. The van der Waals surface area contributed by atoms with Crippen LogP contribution in [0, 0.1) is 11.7 Å². The number of fused-ring (bicyclic) bond motifs is 1. The van der Waals surface area contributed by atoms with E-state index in [-0.39, 0.29) is 23.7 Å². The molecule has 0 saturated carbocycles. The third kappa shape index (κ3) is 4.35. The molecule has 1 fully saturated rings. The van der Waals surface area contributed by atoms with Crippen LogP contribution >= 0.6 is 0 Å². The van der Waals surface area contributed by atoms with Gasteiger partial charge in [-0.25, -0.2) is 14.4 Å². The monoisotopic (exact) mass is 430 g/mol. The second kappa shape index (κ2) is 9.07. The summed E-state index contributed by atoms with van der Waals surface area (Å²) < 4.78 is 13.6. The number of halogens is 1. The molecule has 1 unspecified atom stereocenters. The van der Waals surface area contributed by atoms with E-state index in [1.54, 1.807) is 12.3 Å². The zero-order chi connectivity index (χ0) is 21.9. The van der Waals surface area contributed by atoms with Crippen LogP contribution in [-0.2, 0) is 11.2 Å². The van der Waals surface area contributed by atoms with Crippen LogP contribution in [0.4, 0.5) is 10.2 Å². The number of rotatable bonds is 4. The maximum Gasteiger partial charge on any atom is 0.223 e. The fourth-order valence-electron chi connectivity index (χ4n) is 4.86. The summed E-state index contributed by atoms with van der Waals surface area (Å²) in [5, 5.41) is 3.32. The van der Waals surface area contributed by atoms with Crippen molar-refractivity contribution < 1.29 is 9.18 Å². The molecule has 1 aliphatic heterocycles. The topological polar surface area (TPSA) is 58.1 Å². The Bertz CT molecular complexity index is 1110. The number of carbonyl (C=O) groups excluding carboxylic acids is 1. The lowest BCUT2D eigenvalue weighted by atomic mass is 9.87. The van der Waals surface area contributed by atoms with Gasteiger partial charge < -0.3 is 10.2 Å². The van der Waals surface area contributed by atoms with Gasteiger partial charge in [0, 0.05) is 30.8 Å². The van der Waals surface area contributed by atoms with Gasteiger partial charge in [0.25, 0.3) is 0 Å². The van der Waals surface area contributed by atoms with Crippen molar-refractivity contribution in [3.63, 3.8) is 0 Å². The van der Waals surface area contributed by atoms with Crippen LogP contribution in [0.25, 0.3) is 11.4 Å². The van der Waals surface area contributed by atoms with Gasteiger partial charge in [-0.3, -0.25) is 4.79 Å². The summed E-state index contributed by atoms with van der Waals surface area (Å²) >= 11 is 0. The molecule has 6 heteroatoms. The molecule has 5 nitrogen and oxygen atoms in total. The molecular formula is C26H27FN4O. The molecule has 1 aliphatic carbocycles. The van der Waals surface area contributed by atoms with E-state index in [0.717, 1.165) is 51.0 Å². The first kappa shape index (κ1) is 20.6. The van der Waals surface area contributed by atoms with Gasteiger partial charge in [0.2, 0.25) is 5.91 Å². The van der Waals surface area contributed by atoms with Gasteiger partial charge in [-0.15, -0.1) is 0 Å². The van der Waals surface area contributed by atoms with E-state index >= 15 is 0 Å². The number of carbonyl (C=O) groups is 1. The molecule has 164 valence electrons. The summed E-state index contributed by atoms with van der Waals surface area (Å²) in [6, 6.07) is 16.8. The van der Waals surface area contributed by atoms with E-state index in [9.17, 15) is 9.18 Å². The summed E-state index contributed by atoms with van der Waals surface area (Å²) in [5.41, 5.74) is 3.29. The number of aryl methyl sites for hydroxylation is 1. The van der Waals surface area contributed by atoms with Crippen LogP contribution in [0.3, 0.4) is 0 Å². The predicted octanol–water partition coefficient (Wildman–Crippen LogP) is 4.69. The van der Waals surface area contributed by atoms with Crippen molar-refractivity contribution >= 4 is 11.7 Å². The van der Waals surface area contributed by atoms with E-state index in [0.29, 0.717) is 11.4 Å². The average Bonchev–Trinajstić information content (AvgIpc) is 2.84. The number of amides is 1. The number of nitrogens with zero attached hydrogens (tertiary/aromatic N) is 3. The number of aromatic nitrogens is 2. The third-order valence-corrected chi connectivity index (χ3v) is 6.60. The fourth-order valence-corrected chi connectivity index (χ4v) is 4.86. The lowest BCUT2D eigenvalue weighted by Crippen LogP contribution is -2.42. The van der Waals surface area contributed by atoms with Gasteiger partial charge in [-0.1, -0.05) is 36.4 Å². The second-order valence-corrected chi connectivity index (χ2v) is 8.66. The van der Waals surface area contributed by atoms with Crippen molar-refractivity contribution in [1.29, 1.82) is 0 Å². The zero-order valence-corrected chi connectivity index (χ0v) is 18.0. The van der Waals surface area contributed by atoms with Crippen molar-refractivity contribution in [3.05, 3.63) is 77.7 Å². The molecule has 1 aromatic heterocycles. The minimum Gasteiger partial charge on any atom is -0.356 e. The van der Waals surface area contributed by atoms with Crippen LogP contribution < -0.4 is 10.2 Å². The number of hydrogen-bond acceptors (Lipinski definition) is 4. The van der Waals surface area contributed by atoms with Gasteiger partial charge in [0.1, 0.15) is 11.6 Å². The molecule has 0 bridgehead atoms. The van der Waals surface area contributed by atoms with Gasteiger partial charge >= 0.3 is 0 Å². The van der Waals surface area contributed by atoms with Gasteiger partial charge in [-0.05, 0) is 61.4 Å². The van der Waals surface area contributed by atoms with Crippen molar-refractivity contribution in [3.8, 4) is 11.4 Å². The van der Waals surface area contributed by atoms with Crippen LogP contribution in [0.1, 0.15) is 42.9 Å². The molecule has 2 heterocycles. The maximum atomic E-state index is 13.6. The Hall–Kier alpha value is -3.28. The Morgan fingerprint density at radius 3 is 2.72 bits per heavy atom.